The highest BCUT2D eigenvalue weighted by molar-refractivity contribution is 5.97. The molecular weight excluding hydrogens is 492 g/mol. The van der Waals surface area contributed by atoms with Gasteiger partial charge in [0.15, 0.2) is 5.78 Å². The minimum atomic E-state index is -0.780. The van der Waals surface area contributed by atoms with Gasteiger partial charge < -0.3 is 20.4 Å². The molecule has 0 heterocycles. The number of aliphatic hydroxyl groups excluding tert-OH is 3. The number of carboxylic acids is 1. The van der Waals surface area contributed by atoms with E-state index in [1.54, 1.807) is 0 Å². The molecule has 216 valence electrons. The van der Waals surface area contributed by atoms with Gasteiger partial charge in [0.25, 0.3) is 0 Å². The van der Waals surface area contributed by atoms with Gasteiger partial charge in [0.2, 0.25) is 0 Å². The molecule has 1 aromatic rings. The fraction of sp³-hybridized carbons (Fsp3) is 0.758. The summed E-state index contributed by atoms with van der Waals surface area (Å²) in [7, 11) is 0. The molecule has 6 heteroatoms. The number of aliphatic hydroxyl groups is 3. The number of ketones is 1. The summed E-state index contributed by atoms with van der Waals surface area (Å²) in [5.41, 5.74) is 0.0589. The smallest absolute Gasteiger partial charge is 0.303 e. The van der Waals surface area contributed by atoms with Gasteiger partial charge in [-0.1, -0.05) is 58.0 Å². The minimum absolute atomic E-state index is 0.0353. The zero-order chi connectivity index (χ0) is 28.3. The third-order valence-corrected chi connectivity index (χ3v) is 12.6. The number of benzene rings is 1. The normalized spacial score (nSPS) is 44.9. The van der Waals surface area contributed by atoms with Gasteiger partial charge in [0.05, 0.1) is 18.3 Å². The summed E-state index contributed by atoms with van der Waals surface area (Å²) in [5, 5.41) is 43.8. The van der Waals surface area contributed by atoms with Crippen molar-refractivity contribution in [2.24, 2.45) is 58.2 Å². The van der Waals surface area contributed by atoms with E-state index >= 15 is 0 Å². The molecule has 4 saturated carbocycles. The average Bonchev–Trinajstić information content (AvgIpc) is 3.26. The molecule has 4 aliphatic carbocycles. The van der Waals surface area contributed by atoms with Crippen molar-refractivity contribution >= 4 is 11.8 Å². The van der Waals surface area contributed by atoms with Gasteiger partial charge in [0.1, 0.15) is 0 Å². The van der Waals surface area contributed by atoms with Crippen LogP contribution in [0, 0.1) is 58.2 Å². The molecule has 0 saturated heterocycles. The van der Waals surface area contributed by atoms with Crippen LogP contribution in [-0.4, -0.2) is 50.5 Å². The van der Waals surface area contributed by atoms with Gasteiger partial charge in [-0.15, -0.1) is 0 Å². The van der Waals surface area contributed by atoms with E-state index in [0.717, 1.165) is 12.8 Å². The lowest BCUT2D eigenvalue weighted by molar-refractivity contribution is -0.225. The van der Waals surface area contributed by atoms with Crippen molar-refractivity contribution in [3.05, 3.63) is 35.9 Å². The maximum absolute atomic E-state index is 13.7. The van der Waals surface area contributed by atoms with Crippen molar-refractivity contribution in [1.82, 2.24) is 0 Å². The van der Waals surface area contributed by atoms with Gasteiger partial charge >= 0.3 is 5.97 Å². The molecule has 0 radical (unpaired) electrons. The van der Waals surface area contributed by atoms with Crippen LogP contribution in [0.15, 0.2) is 30.3 Å². The van der Waals surface area contributed by atoms with Crippen molar-refractivity contribution in [2.75, 3.05) is 0 Å². The number of carboxylic acid groups (broad SMARTS) is 1. The van der Waals surface area contributed by atoms with E-state index in [2.05, 4.69) is 20.8 Å². The van der Waals surface area contributed by atoms with Crippen molar-refractivity contribution in [3.8, 4) is 0 Å². The lowest BCUT2D eigenvalue weighted by Crippen LogP contribution is -2.65. The number of hydrogen-bond donors (Lipinski definition) is 4. The highest BCUT2D eigenvalue weighted by Gasteiger charge is 2.67. The Kier molecular flexibility index (Phi) is 7.80. The lowest BCUT2D eigenvalue weighted by Gasteiger charge is -2.66. The standard InChI is InChI=1S/C33H48O6/c1-18(10-13-29(37)38)23-11-12-24-30-26(17-28(36)33(23,24)4)32(3)21(15-27(30)35)14-22(34)16-25(32)19(2)31(39)20-8-6-5-7-9-20/h5-9,18-19,21-28,30,34-36H,10-17H2,1-4H3,(H,37,38). The first-order chi connectivity index (χ1) is 18.4. The van der Waals surface area contributed by atoms with E-state index in [0.29, 0.717) is 37.7 Å². The van der Waals surface area contributed by atoms with Crippen LogP contribution in [0.3, 0.4) is 0 Å². The Labute approximate surface area is 233 Å². The molecule has 5 rings (SSSR count). The first-order valence-corrected chi connectivity index (χ1v) is 15.3. The molecule has 13 atom stereocenters. The molecule has 39 heavy (non-hydrogen) atoms. The Morgan fingerprint density at radius 2 is 1.59 bits per heavy atom. The van der Waals surface area contributed by atoms with E-state index < -0.39 is 24.3 Å². The van der Waals surface area contributed by atoms with E-state index in [1.165, 1.54) is 0 Å². The van der Waals surface area contributed by atoms with Gasteiger partial charge in [-0.05, 0) is 97.2 Å². The molecule has 4 fully saturated rings. The summed E-state index contributed by atoms with van der Waals surface area (Å²) >= 11 is 0. The highest BCUT2D eigenvalue weighted by atomic mass is 16.4. The number of hydrogen-bond acceptors (Lipinski definition) is 5. The van der Waals surface area contributed by atoms with Crippen LogP contribution >= 0.6 is 0 Å². The maximum atomic E-state index is 13.7. The van der Waals surface area contributed by atoms with Crippen LogP contribution in [0.5, 0.6) is 0 Å². The van der Waals surface area contributed by atoms with E-state index in [1.807, 2.05) is 37.3 Å². The largest absolute Gasteiger partial charge is 0.481 e. The molecule has 1 aromatic carbocycles. The molecule has 0 amide bonds. The second kappa shape index (κ2) is 10.6. The van der Waals surface area contributed by atoms with Gasteiger partial charge in [-0.3, -0.25) is 9.59 Å². The van der Waals surface area contributed by atoms with Gasteiger partial charge in [-0.2, -0.15) is 0 Å². The lowest BCUT2D eigenvalue weighted by atomic mass is 9.40. The minimum Gasteiger partial charge on any atom is -0.481 e. The Bertz CT molecular complexity index is 1060. The van der Waals surface area contributed by atoms with Crippen molar-refractivity contribution in [1.29, 1.82) is 0 Å². The summed E-state index contributed by atoms with van der Waals surface area (Å²) in [6.07, 6.45) is 3.49. The summed E-state index contributed by atoms with van der Waals surface area (Å²) in [6, 6.07) is 9.42. The molecular formula is C33H48O6. The van der Waals surface area contributed by atoms with Gasteiger partial charge in [-0.25, -0.2) is 0 Å². The molecule has 0 aliphatic heterocycles. The molecule has 6 nitrogen and oxygen atoms in total. The third kappa shape index (κ3) is 4.59. The summed E-state index contributed by atoms with van der Waals surface area (Å²) in [5.74, 6) is -0.232. The fourth-order valence-electron chi connectivity index (χ4n) is 10.6. The Morgan fingerprint density at radius 1 is 0.897 bits per heavy atom. The average molecular weight is 541 g/mol. The zero-order valence-corrected chi connectivity index (χ0v) is 24.0. The predicted molar refractivity (Wildman–Crippen MR) is 149 cm³/mol. The molecule has 13 unspecified atom stereocenters. The van der Waals surface area contributed by atoms with Crippen LogP contribution in [0.25, 0.3) is 0 Å². The number of Topliss-reactive ketones (excluding diaryl/α,β-unsaturated/α-hetero) is 1. The van der Waals surface area contributed by atoms with Crippen LogP contribution in [-0.2, 0) is 4.79 Å². The summed E-state index contributed by atoms with van der Waals surface area (Å²) in [4.78, 5) is 25.0. The van der Waals surface area contributed by atoms with E-state index in [9.17, 15) is 30.0 Å². The molecule has 4 aliphatic rings. The van der Waals surface area contributed by atoms with E-state index in [-0.39, 0.29) is 70.4 Å². The monoisotopic (exact) mass is 540 g/mol. The second-order valence-electron chi connectivity index (χ2n) is 14.1. The number of carbonyl (C=O) groups excluding carboxylic acids is 1. The zero-order valence-electron chi connectivity index (χ0n) is 24.0. The van der Waals surface area contributed by atoms with E-state index in [4.69, 9.17) is 0 Å². The van der Waals surface area contributed by atoms with Gasteiger partial charge in [0, 0.05) is 17.9 Å². The Hall–Kier alpha value is -1.76. The van der Waals surface area contributed by atoms with Crippen LogP contribution in [0.4, 0.5) is 0 Å². The van der Waals surface area contributed by atoms with Crippen LogP contribution in [0.2, 0.25) is 0 Å². The number of fused-ring (bicyclic) bond motifs is 5. The Balaban J connectivity index is 1.48. The van der Waals surface area contributed by atoms with Crippen LogP contribution < -0.4 is 0 Å². The van der Waals surface area contributed by atoms with Crippen LogP contribution in [0.1, 0.15) is 89.4 Å². The quantitative estimate of drug-likeness (QED) is 0.354. The molecule has 4 N–H and O–H groups in total. The summed E-state index contributed by atoms with van der Waals surface area (Å²) in [6.45, 7) is 8.63. The molecule has 0 spiro atoms. The number of rotatable bonds is 7. The predicted octanol–water partition coefficient (Wildman–Crippen LogP) is 5.19. The van der Waals surface area contributed by atoms with Crippen molar-refractivity contribution < 1.29 is 30.0 Å². The SMILES string of the molecule is CC(CCC(=O)O)C1CCC2C3C(O)CC4CC(O)CC(C(C)C(=O)c5ccccc5)C4(C)C3CC(O)C12C. The fourth-order valence-corrected chi connectivity index (χ4v) is 10.6. The molecule has 0 bridgehead atoms. The second-order valence-corrected chi connectivity index (χ2v) is 14.1. The topological polar surface area (TPSA) is 115 Å². The first-order valence-electron chi connectivity index (χ1n) is 15.3. The third-order valence-electron chi connectivity index (χ3n) is 12.6. The molecule has 0 aromatic heterocycles. The maximum Gasteiger partial charge on any atom is 0.303 e. The highest BCUT2D eigenvalue weighted by Crippen LogP contribution is 2.70. The number of carbonyl (C=O) groups is 2. The number of aliphatic carboxylic acids is 1. The Morgan fingerprint density at radius 3 is 2.26 bits per heavy atom. The first kappa shape index (κ1) is 28.8. The van der Waals surface area contributed by atoms with Crippen molar-refractivity contribution in [3.63, 3.8) is 0 Å². The summed E-state index contributed by atoms with van der Waals surface area (Å²) < 4.78 is 0. The van der Waals surface area contributed by atoms with Crippen molar-refractivity contribution in [2.45, 2.75) is 97.4 Å².